The number of rotatable bonds is 5. The monoisotopic (exact) mass is 267 g/mol. The Bertz CT molecular complexity index is 430. The Balaban J connectivity index is 2.13. The van der Waals surface area contributed by atoms with Crippen LogP contribution in [0.25, 0.3) is 0 Å². The SMILES string of the molecule is CSc1cccc(NCC2CCCO2)c1C(=O)O. The van der Waals surface area contributed by atoms with Crippen LogP contribution in [0.2, 0.25) is 0 Å². The van der Waals surface area contributed by atoms with Gasteiger partial charge < -0.3 is 15.2 Å². The first-order valence-corrected chi connectivity index (χ1v) is 7.20. The summed E-state index contributed by atoms with van der Waals surface area (Å²) in [6.45, 7) is 1.47. The van der Waals surface area contributed by atoms with Crippen LogP contribution in [0.5, 0.6) is 0 Å². The molecule has 1 saturated heterocycles. The van der Waals surface area contributed by atoms with Gasteiger partial charge in [0.15, 0.2) is 0 Å². The highest BCUT2D eigenvalue weighted by Gasteiger charge is 2.18. The number of thioether (sulfide) groups is 1. The van der Waals surface area contributed by atoms with Crippen LogP contribution in [-0.4, -0.2) is 36.6 Å². The molecule has 0 amide bonds. The van der Waals surface area contributed by atoms with E-state index in [2.05, 4.69) is 5.32 Å². The van der Waals surface area contributed by atoms with Crippen molar-refractivity contribution in [1.29, 1.82) is 0 Å². The van der Waals surface area contributed by atoms with Gasteiger partial charge in [0.1, 0.15) is 0 Å². The van der Waals surface area contributed by atoms with Gasteiger partial charge in [0.2, 0.25) is 0 Å². The van der Waals surface area contributed by atoms with Crippen LogP contribution < -0.4 is 5.32 Å². The van der Waals surface area contributed by atoms with Crippen molar-refractivity contribution in [3.63, 3.8) is 0 Å². The lowest BCUT2D eigenvalue weighted by molar-refractivity contribution is 0.0694. The Morgan fingerprint density at radius 3 is 3.06 bits per heavy atom. The summed E-state index contributed by atoms with van der Waals surface area (Å²) in [7, 11) is 0. The van der Waals surface area contributed by atoms with Gasteiger partial charge in [-0.2, -0.15) is 0 Å². The molecule has 0 aliphatic carbocycles. The maximum absolute atomic E-state index is 11.3. The Morgan fingerprint density at radius 1 is 1.61 bits per heavy atom. The molecule has 98 valence electrons. The molecule has 0 aromatic heterocycles. The number of nitrogens with one attached hydrogen (secondary N) is 1. The molecule has 1 atom stereocenters. The Hall–Kier alpha value is -1.20. The molecule has 1 aromatic rings. The molecule has 1 fully saturated rings. The molecule has 5 heteroatoms. The van der Waals surface area contributed by atoms with Crippen molar-refractivity contribution in [1.82, 2.24) is 0 Å². The van der Waals surface area contributed by atoms with E-state index in [1.54, 1.807) is 6.07 Å². The van der Waals surface area contributed by atoms with Crippen LogP contribution in [0.3, 0.4) is 0 Å². The summed E-state index contributed by atoms with van der Waals surface area (Å²) in [4.78, 5) is 12.1. The molecule has 0 radical (unpaired) electrons. The second kappa shape index (κ2) is 6.11. The van der Waals surface area contributed by atoms with Crippen molar-refractivity contribution in [2.75, 3.05) is 24.7 Å². The highest BCUT2D eigenvalue weighted by atomic mass is 32.2. The Labute approximate surface area is 111 Å². The van der Waals surface area contributed by atoms with Crippen LogP contribution >= 0.6 is 11.8 Å². The second-order valence-corrected chi connectivity index (χ2v) is 5.05. The zero-order chi connectivity index (χ0) is 13.0. The van der Waals surface area contributed by atoms with E-state index in [0.29, 0.717) is 17.8 Å². The van der Waals surface area contributed by atoms with E-state index < -0.39 is 5.97 Å². The Kier molecular flexibility index (Phi) is 4.49. The fourth-order valence-electron chi connectivity index (χ4n) is 2.10. The van der Waals surface area contributed by atoms with E-state index in [9.17, 15) is 9.90 Å². The third kappa shape index (κ3) is 2.97. The Morgan fingerprint density at radius 2 is 2.44 bits per heavy atom. The van der Waals surface area contributed by atoms with Crippen molar-refractivity contribution >= 4 is 23.4 Å². The molecule has 1 aromatic carbocycles. The predicted molar refractivity (Wildman–Crippen MR) is 72.6 cm³/mol. The largest absolute Gasteiger partial charge is 0.478 e. The lowest BCUT2D eigenvalue weighted by atomic mass is 10.1. The predicted octanol–water partition coefficient (Wildman–Crippen LogP) is 2.70. The quantitative estimate of drug-likeness (QED) is 0.803. The lowest BCUT2D eigenvalue weighted by Crippen LogP contribution is -2.20. The van der Waals surface area contributed by atoms with E-state index in [-0.39, 0.29) is 6.10 Å². The van der Waals surface area contributed by atoms with Crippen LogP contribution in [-0.2, 0) is 4.74 Å². The third-order valence-corrected chi connectivity index (χ3v) is 3.78. The molecule has 1 heterocycles. The molecule has 0 saturated carbocycles. The van der Waals surface area contributed by atoms with Gasteiger partial charge in [-0.25, -0.2) is 4.79 Å². The average molecular weight is 267 g/mol. The highest BCUT2D eigenvalue weighted by molar-refractivity contribution is 7.98. The average Bonchev–Trinajstić information content (AvgIpc) is 2.88. The number of benzene rings is 1. The van der Waals surface area contributed by atoms with E-state index in [1.165, 1.54) is 11.8 Å². The summed E-state index contributed by atoms with van der Waals surface area (Å²) < 4.78 is 5.52. The van der Waals surface area contributed by atoms with Gasteiger partial charge in [0.25, 0.3) is 0 Å². The number of anilines is 1. The molecule has 1 aliphatic rings. The van der Waals surface area contributed by atoms with Gasteiger partial charge in [-0.3, -0.25) is 0 Å². The zero-order valence-electron chi connectivity index (χ0n) is 10.3. The molecule has 2 rings (SSSR count). The van der Waals surface area contributed by atoms with Crippen molar-refractivity contribution in [3.8, 4) is 0 Å². The van der Waals surface area contributed by atoms with Crippen LogP contribution in [0, 0.1) is 0 Å². The van der Waals surface area contributed by atoms with E-state index in [0.717, 1.165) is 24.3 Å². The highest BCUT2D eigenvalue weighted by Crippen LogP contribution is 2.27. The van der Waals surface area contributed by atoms with Gasteiger partial charge >= 0.3 is 5.97 Å². The molecule has 2 N–H and O–H groups in total. The minimum Gasteiger partial charge on any atom is -0.478 e. The van der Waals surface area contributed by atoms with Gasteiger partial charge in [-0.05, 0) is 31.2 Å². The fourth-order valence-corrected chi connectivity index (χ4v) is 2.71. The standard InChI is InChI=1S/C13H17NO3S/c1-18-11-6-2-5-10(12(11)13(15)16)14-8-9-4-3-7-17-9/h2,5-6,9,14H,3-4,7-8H2,1H3,(H,15,16). The first kappa shape index (κ1) is 13.2. The number of carboxylic acids is 1. The maximum Gasteiger partial charge on any atom is 0.338 e. The van der Waals surface area contributed by atoms with Gasteiger partial charge in [0, 0.05) is 23.7 Å². The fraction of sp³-hybridized carbons (Fsp3) is 0.462. The third-order valence-electron chi connectivity index (χ3n) is 3.00. The summed E-state index contributed by atoms with van der Waals surface area (Å²) in [6, 6.07) is 5.50. The molecule has 4 nitrogen and oxygen atoms in total. The summed E-state index contributed by atoms with van der Waals surface area (Å²) in [5.41, 5.74) is 1.02. The van der Waals surface area contributed by atoms with Crippen molar-refractivity contribution < 1.29 is 14.6 Å². The van der Waals surface area contributed by atoms with Crippen LogP contribution in [0.15, 0.2) is 23.1 Å². The van der Waals surface area contributed by atoms with E-state index in [4.69, 9.17) is 4.74 Å². The van der Waals surface area contributed by atoms with Gasteiger partial charge in [0.05, 0.1) is 11.7 Å². The number of hydrogen-bond donors (Lipinski definition) is 2. The number of carboxylic acid groups (broad SMARTS) is 1. The molecule has 0 bridgehead atoms. The van der Waals surface area contributed by atoms with Crippen molar-refractivity contribution in [2.45, 2.75) is 23.8 Å². The first-order chi connectivity index (χ1) is 8.72. The minimum atomic E-state index is -0.894. The molecular formula is C13H17NO3S. The summed E-state index contributed by atoms with van der Waals surface area (Å²) in [5.74, 6) is -0.894. The number of aromatic carboxylic acids is 1. The second-order valence-electron chi connectivity index (χ2n) is 4.20. The van der Waals surface area contributed by atoms with Crippen molar-refractivity contribution in [3.05, 3.63) is 23.8 Å². The zero-order valence-corrected chi connectivity index (χ0v) is 11.1. The molecule has 1 unspecified atom stereocenters. The van der Waals surface area contributed by atoms with Gasteiger partial charge in [-0.1, -0.05) is 6.07 Å². The lowest BCUT2D eigenvalue weighted by Gasteiger charge is -2.15. The summed E-state index contributed by atoms with van der Waals surface area (Å²) in [6.07, 6.45) is 4.20. The van der Waals surface area contributed by atoms with Crippen molar-refractivity contribution in [2.24, 2.45) is 0 Å². The van der Waals surface area contributed by atoms with E-state index in [1.807, 2.05) is 18.4 Å². The normalized spacial score (nSPS) is 18.8. The molecule has 0 spiro atoms. The first-order valence-electron chi connectivity index (χ1n) is 5.98. The number of carbonyl (C=O) groups is 1. The summed E-state index contributed by atoms with van der Waals surface area (Å²) >= 11 is 1.44. The number of ether oxygens (including phenoxy) is 1. The topological polar surface area (TPSA) is 58.6 Å². The maximum atomic E-state index is 11.3. The molecule has 1 aliphatic heterocycles. The van der Waals surface area contributed by atoms with Crippen LogP contribution in [0.1, 0.15) is 23.2 Å². The molecule has 18 heavy (non-hydrogen) atoms. The summed E-state index contributed by atoms with van der Waals surface area (Å²) in [5, 5.41) is 12.5. The number of hydrogen-bond acceptors (Lipinski definition) is 4. The van der Waals surface area contributed by atoms with E-state index >= 15 is 0 Å². The van der Waals surface area contributed by atoms with Gasteiger partial charge in [-0.15, -0.1) is 11.8 Å². The van der Waals surface area contributed by atoms with Crippen LogP contribution in [0.4, 0.5) is 5.69 Å². The minimum absolute atomic E-state index is 0.199. The molecular weight excluding hydrogens is 250 g/mol. The smallest absolute Gasteiger partial charge is 0.338 e.